The second kappa shape index (κ2) is 6.77. The van der Waals surface area contributed by atoms with E-state index in [2.05, 4.69) is 28.2 Å². The summed E-state index contributed by atoms with van der Waals surface area (Å²) in [5, 5.41) is 3.07. The predicted molar refractivity (Wildman–Crippen MR) is 88.8 cm³/mol. The van der Waals surface area contributed by atoms with E-state index in [1.807, 2.05) is 20.0 Å². The van der Waals surface area contributed by atoms with Gasteiger partial charge >= 0.3 is 0 Å². The Morgan fingerprint density at radius 1 is 1.43 bits per heavy atom. The van der Waals surface area contributed by atoms with E-state index in [1.165, 1.54) is 0 Å². The largest absolute Gasteiger partial charge is 0.316 e. The summed E-state index contributed by atoms with van der Waals surface area (Å²) in [4.78, 5) is 0.430. The van der Waals surface area contributed by atoms with Crippen LogP contribution in [0.25, 0.3) is 0 Å². The molecule has 1 saturated heterocycles. The Morgan fingerprint density at radius 2 is 2.14 bits per heavy atom. The fraction of sp³-hybridized carbons (Fsp3) is 0.600. The molecule has 1 heterocycles. The molecular weight excluding hydrogens is 352 g/mol. The van der Waals surface area contributed by atoms with Gasteiger partial charge in [0.2, 0.25) is 10.0 Å². The minimum absolute atomic E-state index is 0.430. The number of rotatable bonds is 5. The lowest BCUT2D eigenvalue weighted by atomic mass is 10.1. The third-order valence-corrected chi connectivity index (χ3v) is 7.00. The van der Waals surface area contributed by atoms with Crippen molar-refractivity contribution in [2.75, 3.05) is 20.1 Å². The van der Waals surface area contributed by atoms with Crippen LogP contribution in [0.1, 0.15) is 30.9 Å². The Kier molecular flexibility index (Phi) is 5.46. The average Bonchev–Trinajstić information content (AvgIpc) is 2.92. The number of halogens is 1. The van der Waals surface area contributed by atoms with Gasteiger partial charge in [0, 0.05) is 24.1 Å². The smallest absolute Gasteiger partial charge is 0.243 e. The van der Waals surface area contributed by atoms with Gasteiger partial charge in [-0.15, -0.1) is 0 Å². The minimum Gasteiger partial charge on any atom is -0.316 e. The van der Waals surface area contributed by atoms with Gasteiger partial charge in [-0.3, -0.25) is 0 Å². The standard InChI is InChI=1S/C15H23BrN2O2S/c1-4-12-5-6-18(10-12)21(19,20)15-8-13(9-17-3)7-14(16)11(15)2/h7-8,12,17H,4-6,9-10H2,1-3H3. The number of nitrogens with one attached hydrogen (secondary N) is 1. The monoisotopic (exact) mass is 374 g/mol. The van der Waals surface area contributed by atoms with Gasteiger partial charge in [-0.05, 0) is 49.6 Å². The van der Waals surface area contributed by atoms with E-state index in [4.69, 9.17) is 0 Å². The van der Waals surface area contributed by atoms with Crippen molar-refractivity contribution in [3.8, 4) is 0 Å². The predicted octanol–water partition coefficient (Wildman–Crippen LogP) is 2.90. The summed E-state index contributed by atoms with van der Waals surface area (Å²) in [7, 11) is -1.54. The van der Waals surface area contributed by atoms with Gasteiger partial charge < -0.3 is 5.32 Å². The number of hydrogen-bond donors (Lipinski definition) is 1. The van der Waals surface area contributed by atoms with E-state index < -0.39 is 10.0 Å². The Hall–Kier alpha value is -0.430. The van der Waals surface area contributed by atoms with Gasteiger partial charge in [0.1, 0.15) is 0 Å². The van der Waals surface area contributed by atoms with E-state index in [-0.39, 0.29) is 0 Å². The molecule has 1 aromatic carbocycles. The van der Waals surface area contributed by atoms with Crippen molar-refractivity contribution >= 4 is 26.0 Å². The van der Waals surface area contributed by atoms with Crippen LogP contribution in [0.3, 0.4) is 0 Å². The molecule has 1 fully saturated rings. The molecule has 0 amide bonds. The van der Waals surface area contributed by atoms with E-state index in [0.717, 1.165) is 28.4 Å². The number of benzene rings is 1. The summed E-state index contributed by atoms with van der Waals surface area (Å²) in [5.74, 6) is 0.490. The Bertz CT molecular complexity index is 616. The first-order valence-corrected chi connectivity index (χ1v) is 9.57. The first-order valence-electron chi connectivity index (χ1n) is 7.34. The van der Waals surface area contributed by atoms with Gasteiger partial charge in [0.05, 0.1) is 4.90 Å². The molecule has 1 N–H and O–H groups in total. The van der Waals surface area contributed by atoms with Crippen LogP contribution < -0.4 is 5.32 Å². The number of sulfonamides is 1. The zero-order valence-corrected chi connectivity index (χ0v) is 15.2. The molecule has 0 bridgehead atoms. The molecule has 0 spiro atoms. The molecule has 1 unspecified atom stereocenters. The van der Waals surface area contributed by atoms with E-state index >= 15 is 0 Å². The van der Waals surface area contributed by atoms with Gasteiger partial charge in [0.15, 0.2) is 0 Å². The average molecular weight is 375 g/mol. The highest BCUT2D eigenvalue weighted by molar-refractivity contribution is 9.10. The lowest BCUT2D eigenvalue weighted by Crippen LogP contribution is -2.29. The zero-order chi connectivity index (χ0) is 15.6. The first kappa shape index (κ1) is 16.9. The second-order valence-electron chi connectivity index (χ2n) is 5.66. The molecule has 21 heavy (non-hydrogen) atoms. The zero-order valence-electron chi connectivity index (χ0n) is 12.8. The van der Waals surface area contributed by atoms with Crippen molar-refractivity contribution < 1.29 is 8.42 Å². The van der Waals surface area contributed by atoms with Crippen LogP contribution in [0.4, 0.5) is 0 Å². The molecule has 1 aliphatic rings. The molecular formula is C15H23BrN2O2S. The molecule has 2 rings (SSSR count). The van der Waals surface area contributed by atoms with Crippen LogP contribution in [0, 0.1) is 12.8 Å². The Balaban J connectivity index is 2.40. The molecule has 0 saturated carbocycles. The van der Waals surface area contributed by atoms with Gasteiger partial charge in [-0.25, -0.2) is 8.42 Å². The van der Waals surface area contributed by atoms with Crippen molar-refractivity contribution in [2.24, 2.45) is 5.92 Å². The molecule has 1 aromatic rings. The lowest BCUT2D eigenvalue weighted by molar-refractivity contribution is 0.452. The summed E-state index contributed by atoms with van der Waals surface area (Å²) >= 11 is 3.48. The highest BCUT2D eigenvalue weighted by Crippen LogP contribution is 2.31. The molecule has 0 aromatic heterocycles. The van der Waals surface area contributed by atoms with Crippen LogP contribution >= 0.6 is 15.9 Å². The maximum Gasteiger partial charge on any atom is 0.243 e. The summed E-state index contributed by atoms with van der Waals surface area (Å²) in [6, 6.07) is 3.77. The maximum absolute atomic E-state index is 12.9. The molecule has 0 radical (unpaired) electrons. The van der Waals surface area contributed by atoms with Crippen LogP contribution in [0.5, 0.6) is 0 Å². The molecule has 118 valence electrons. The van der Waals surface area contributed by atoms with E-state index in [1.54, 1.807) is 10.4 Å². The Morgan fingerprint density at radius 3 is 2.71 bits per heavy atom. The summed E-state index contributed by atoms with van der Waals surface area (Å²) in [6.45, 7) is 5.91. The molecule has 4 nitrogen and oxygen atoms in total. The molecule has 1 aliphatic heterocycles. The fourth-order valence-corrected chi connectivity index (χ4v) is 5.24. The highest BCUT2D eigenvalue weighted by atomic mass is 79.9. The van der Waals surface area contributed by atoms with Crippen LogP contribution in [-0.4, -0.2) is 32.9 Å². The van der Waals surface area contributed by atoms with Crippen LogP contribution in [0.15, 0.2) is 21.5 Å². The van der Waals surface area contributed by atoms with Crippen molar-refractivity contribution in [1.82, 2.24) is 9.62 Å². The van der Waals surface area contributed by atoms with Crippen LogP contribution in [-0.2, 0) is 16.6 Å². The van der Waals surface area contributed by atoms with Crippen molar-refractivity contribution in [3.05, 3.63) is 27.7 Å². The second-order valence-corrected chi connectivity index (χ2v) is 8.42. The van der Waals surface area contributed by atoms with Gasteiger partial charge in [-0.2, -0.15) is 4.31 Å². The quantitative estimate of drug-likeness (QED) is 0.861. The molecule has 6 heteroatoms. The topological polar surface area (TPSA) is 49.4 Å². The highest BCUT2D eigenvalue weighted by Gasteiger charge is 2.33. The van der Waals surface area contributed by atoms with Gasteiger partial charge in [-0.1, -0.05) is 29.3 Å². The minimum atomic E-state index is -3.40. The maximum atomic E-state index is 12.9. The van der Waals surface area contributed by atoms with E-state index in [0.29, 0.717) is 30.4 Å². The molecule has 0 aliphatic carbocycles. The third kappa shape index (κ3) is 3.50. The number of hydrogen-bond acceptors (Lipinski definition) is 3. The summed E-state index contributed by atoms with van der Waals surface area (Å²) in [5.41, 5.74) is 1.76. The third-order valence-electron chi connectivity index (χ3n) is 4.18. The summed E-state index contributed by atoms with van der Waals surface area (Å²) in [6.07, 6.45) is 2.00. The normalized spacial score (nSPS) is 20.1. The lowest BCUT2D eigenvalue weighted by Gasteiger charge is -2.19. The Labute approximate surface area is 136 Å². The van der Waals surface area contributed by atoms with E-state index in [9.17, 15) is 8.42 Å². The van der Waals surface area contributed by atoms with Crippen molar-refractivity contribution in [3.63, 3.8) is 0 Å². The van der Waals surface area contributed by atoms with Crippen molar-refractivity contribution in [1.29, 1.82) is 0 Å². The van der Waals surface area contributed by atoms with Gasteiger partial charge in [0.25, 0.3) is 0 Å². The SMILES string of the molecule is CCC1CCN(S(=O)(=O)c2cc(CNC)cc(Br)c2C)C1. The summed E-state index contributed by atoms with van der Waals surface area (Å²) < 4.78 is 28.3. The fourth-order valence-electron chi connectivity index (χ4n) is 2.77. The first-order chi connectivity index (χ1) is 9.90. The molecule has 1 atom stereocenters. The van der Waals surface area contributed by atoms with Crippen LogP contribution in [0.2, 0.25) is 0 Å². The van der Waals surface area contributed by atoms with Crippen molar-refractivity contribution in [2.45, 2.75) is 38.1 Å². The number of nitrogens with zero attached hydrogens (tertiary/aromatic N) is 1.